The van der Waals surface area contributed by atoms with Gasteiger partial charge in [-0.3, -0.25) is 9.69 Å². The van der Waals surface area contributed by atoms with Gasteiger partial charge in [-0.2, -0.15) is 0 Å². The van der Waals surface area contributed by atoms with Crippen molar-refractivity contribution in [1.29, 1.82) is 0 Å². The fraction of sp³-hybridized carbons (Fsp3) is 0.222. The number of nitrogens with zero attached hydrogens (tertiary/aromatic N) is 1. The lowest BCUT2D eigenvalue weighted by atomic mass is 10.1. The lowest BCUT2D eigenvalue weighted by Gasteiger charge is -2.08. The van der Waals surface area contributed by atoms with E-state index in [2.05, 4.69) is 21.2 Å². The first kappa shape index (κ1) is 16.5. The lowest BCUT2D eigenvalue weighted by Crippen LogP contribution is -2.31. The van der Waals surface area contributed by atoms with Crippen molar-refractivity contribution in [3.8, 4) is 11.3 Å². The number of imide groups is 1. The van der Waals surface area contributed by atoms with Crippen LogP contribution < -0.4 is 5.32 Å². The average molecular weight is 389 g/mol. The number of hydrogen-bond acceptors (Lipinski definition) is 3. The Balaban J connectivity index is 1.86. The number of hydrogen-bond donors (Lipinski definition) is 1. The van der Waals surface area contributed by atoms with Crippen LogP contribution in [0.3, 0.4) is 0 Å². The van der Waals surface area contributed by atoms with Crippen LogP contribution in [0.4, 0.5) is 4.79 Å². The molecule has 0 unspecified atom stereocenters. The molecular formula is C18H17BrN2O3. The van der Waals surface area contributed by atoms with Crippen LogP contribution in [-0.4, -0.2) is 23.4 Å². The van der Waals surface area contributed by atoms with Gasteiger partial charge in [-0.25, -0.2) is 4.79 Å². The second-order valence-electron chi connectivity index (χ2n) is 5.63. The molecule has 5 nitrogen and oxygen atoms in total. The summed E-state index contributed by atoms with van der Waals surface area (Å²) < 4.78 is 6.74. The zero-order valence-electron chi connectivity index (χ0n) is 13.4. The highest BCUT2D eigenvalue weighted by Crippen LogP contribution is 2.31. The molecule has 1 fully saturated rings. The largest absolute Gasteiger partial charge is 0.457 e. The maximum absolute atomic E-state index is 12.2. The van der Waals surface area contributed by atoms with Crippen LogP contribution in [0.1, 0.15) is 24.7 Å². The van der Waals surface area contributed by atoms with Gasteiger partial charge < -0.3 is 9.73 Å². The minimum absolute atomic E-state index is 0.234. The molecule has 1 N–H and O–H groups in total. The molecule has 1 saturated heterocycles. The van der Waals surface area contributed by atoms with Crippen LogP contribution in [-0.2, 0) is 4.79 Å². The van der Waals surface area contributed by atoms with E-state index in [0.29, 0.717) is 18.1 Å². The van der Waals surface area contributed by atoms with E-state index in [9.17, 15) is 9.59 Å². The number of urea groups is 1. The molecule has 1 aliphatic rings. The van der Waals surface area contributed by atoms with Crippen LogP contribution in [0.2, 0.25) is 0 Å². The molecular weight excluding hydrogens is 372 g/mol. The predicted molar refractivity (Wildman–Crippen MR) is 95.1 cm³/mol. The number of carbonyl (C=O) groups is 2. The molecule has 3 amide bonds. The van der Waals surface area contributed by atoms with Gasteiger partial charge in [0.05, 0.1) is 0 Å². The van der Waals surface area contributed by atoms with Crippen molar-refractivity contribution in [3.05, 3.63) is 51.8 Å². The fourth-order valence-electron chi connectivity index (χ4n) is 2.54. The third-order valence-electron chi connectivity index (χ3n) is 3.71. The van der Waals surface area contributed by atoms with Gasteiger partial charge in [0.15, 0.2) is 0 Å². The topological polar surface area (TPSA) is 62.6 Å². The third-order valence-corrected chi connectivity index (χ3v) is 4.37. The van der Waals surface area contributed by atoms with E-state index in [1.54, 1.807) is 12.1 Å². The smallest absolute Gasteiger partial charge is 0.329 e. The number of amides is 3. The summed E-state index contributed by atoms with van der Waals surface area (Å²) in [6.07, 6.45) is 2.28. The van der Waals surface area contributed by atoms with Crippen molar-refractivity contribution in [2.45, 2.75) is 20.3 Å². The van der Waals surface area contributed by atoms with Crippen molar-refractivity contribution in [2.24, 2.45) is 0 Å². The number of benzene rings is 1. The van der Waals surface area contributed by atoms with E-state index < -0.39 is 0 Å². The highest BCUT2D eigenvalue weighted by Gasteiger charge is 2.32. The zero-order valence-corrected chi connectivity index (χ0v) is 15.0. The standard InChI is InChI=1S/C18H17BrN2O3/c1-3-8-21-17(22)15(20-18(21)23)10-12-5-7-16(24-12)13-6-4-11(2)9-14(13)19/h4-7,9-10H,3,8H2,1-2H3,(H,20,23)/b15-10-. The molecule has 0 spiro atoms. The number of halogens is 1. The molecule has 0 atom stereocenters. The van der Waals surface area contributed by atoms with E-state index in [1.807, 2.05) is 38.1 Å². The summed E-state index contributed by atoms with van der Waals surface area (Å²) in [6.45, 7) is 4.34. The predicted octanol–water partition coefficient (Wildman–Crippen LogP) is 4.32. The molecule has 2 aromatic rings. The number of nitrogens with one attached hydrogen (secondary N) is 1. The molecule has 0 saturated carbocycles. The molecule has 0 aliphatic carbocycles. The Kier molecular flexibility index (Phi) is 4.57. The Morgan fingerprint density at radius 1 is 1.25 bits per heavy atom. The molecule has 124 valence electrons. The molecule has 2 heterocycles. The summed E-state index contributed by atoms with van der Waals surface area (Å²) >= 11 is 3.53. The summed E-state index contributed by atoms with van der Waals surface area (Å²) in [6, 6.07) is 9.22. The summed E-state index contributed by atoms with van der Waals surface area (Å²) in [5.41, 5.74) is 2.31. The Bertz CT molecular complexity index is 839. The Morgan fingerprint density at radius 3 is 2.75 bits per heavy atom. The highest BCUT2D eigenvalue weighted by molar-refractivity contribution is 9.10. The van der Waals surface area contributed by atoms with E-state index in [0.717, 1.165) is 22.0 Å². The maximum Gasteiger partial charge on any atom is 0.329 e. The fourth-order valence-corrected chi connectivity index (χ4v) is 3.22. The molecule has 1 aliphatic heterocycles. The number of furan rings is 1. The molecule has 24 heavy (non-hydrogen) atoms. The van der Waals surface area contributed by atoms with E-state index in [-0.39, 0.29) is 17.6 Å². The van der Waals surface area contributed by atoms with Crippen molar-refractivity contribution in [3.63, 3.8) is 0 Å². The van der Waals surface area contributed by atoms with Gasteiger partial charge in [0.1, 0.15) is 17.2 Å². The normalized spacial score (nSPS) is 16.1. The highest BCUT2D eigenvalue weighted by atomic mass is 79.9. The van der Waals surface area contributed by atoms with E-state index in [4.69, 9.17) is 4.42 Å². The SMILES string of the molecule is CCCN1C(=O)N/C(=C\c2ccc(-c3ccc(C)cc3Br)o2)C1=O. The van der Waals surface area contributed by atoms with E-state index >= 15 is 0 Å². The van der Waals surface area contributed by atoms with Gasteiger partial charge in [-0.1, -0.05) is 28.9 Å². The van der Waals surface area contributed by atoms with Crippen molar-refractivity contribution >= 4 is 33.9 Å². The van der Waals surface area contributed by atoms with Crippen LogP contribution >= 0.6 is 15.9 Å². The van der Waals surface area contributed by atoms with Crippen LogP contribution in [0.15, 0.2) is 44.9 Å². The first-order valence-electron chi connectivity index (χ1n) is 7.70. The van der Waals surface area contributed by atoms with E-state index in [1.165, 1.54) is 4.90 Å². The molecule has 0 bridgehead atoms. The number of rotatable bonds is 4. The second kappa shape index (κ2) is 6.65. The molecule has 1 aromatic heterocycles. The quantitative estimate of drug-likeness (QED) is 0.626. The molecule has 3 rings (SSSR count). The first-order chi connectivity index (χ1) is 11.5. The van der Waals surface area contributed by atoms with Crippen LogP contribution in [0.5, 0.6) is 0 Å². The monoisotopic (exact) mass is 388 g/mol. The molecule has 6 heteroatoms. The Morgan fingerprint density at radius 2 is 2.04 bits per heavy atom. The van der Waals surface area contributed by atoms with Gasteiger partial charge in [0.25, 0.3) is 5.91 Å². The van der Waals surface area contributed by atoms with Gasteiger partial charge in [-0.15, -0.1) is 0 Å². The van der Waals surface area contributed by atoms with Gasteiger partial charge in [0, 0.05) is 22.7 Å². The van der Waals surface area contributed by atoms with Crippen molar-refractivity contribution < 1.29 is 14.0 Å². The minimum atomic E-state index is -0.388. The van der Waals surface area contributed by atoms with Gasteiger partial charge in [-0.05, 0) is 43.2 Å². The Hall–Kier alpha value is -2.34. The second-order valence-corrected chi connectivity index (χ2v) is 6.48. The molecule has 1 aromatic carbocycles. The third kappa shape index (κ3) is 3.14. The summed E-state index contributed by atoms with van der Waals surface area (Å²) in [4.78, 5) is 25.2. The molecule has 0 radical (unpaired) electrons. The minimum Gasteiger partial charge on any atom is -0.457 e. The van der Waals surface area contributed by atoms with Gasteiger partial charge in [0.2, 0.25) is 0 Å². The first-order valence-corrected chi connectivity index (χ1v) is 8.50. The van der Waals surface area contributed by atoms with Crippen LogP contribution in [0.25, 0.3) is 17.4 Å². The summed E-state index contributed by atoms with van der Waals surface area (Å²) in [7, 11) is 0. The lowest BCUT2D eigenvalue weighted by molar-refractivity contribution is -0.122. The summed E-state index contributed by atoms with van der Waals surface area (Å²) in [5, 5.41) is 2.58. The Labute approximate surface area is 148 Å². The van der Waals surface area contributed by atoms with Crippen LogP contribution in [0, 0.1) is 6.92 Å². The average Bonchev–Trinajstić information content (AvgIpc) is 3.08. The maximum atomic E-state index is 12.2. The number of aryl methyl sites for hydroxylation is 1. The number of carbonyl (C=O) groups excluding carboxylic acids is 2. The van der Waals surface area contributed by atoms with Crippen molar-refractivity contribution in [2.75, 3.05) is 6.54 Å². The van der Waals surface area contributed by atoms with Crippen molar-refractivity contribution in [1.82, 2.24) is 10.2 Å². The zero-order chi connectivity index (χ0) is 17.3. The summed E-state index contributed by atoms with van der Waals surface area (Å²) in [5.74, 6) is 0.881. The van der Waals surface area contributed by atoms with Gasteiger partial charge >= 0.3 is 6.03 Å².